The Morgan fingerprint density at radius 1 is 1.12 bits per heavy atom. The van der Waals surface area contributed by atoms with Gasteiger partial charge in [0.2, 0.25) is 5.91 Å². The quantitative estimate of drug-likeness (QED) is 0.206. The molecule has 3 heterocycles. The Kier molecular flexibility index (Phi) is 6.43. The van der Waals surface area contributed by atoms with E-state index in [-0.39, 0.29) is 17.6 Å². The van der Waals surface area contributed by atoms with E-state index in [1.165, 1.54) is 41.4 Å². The molecule has 0 fully saturated rings. The predicted molar refractivity (Wildman–Crippen MR) is 135 cm³/mol. The number of carbonyl (C=O) groups excluding carboxylic acids is 2. The second-order valence-electron chi connectivity index (χ2n) is 7.62. The number of nitrogens with zero attached hydrogens (tertiary/aromatic N) is 2. The smallest absolute Gasteiger partial charge is 0.341 e. The Balaban J connectivity index is 1.33. The number of hydrogen-bond donors (Lipinski definition) is 1. The summed E-state index contributed by atoms with van der Waals surface area (Å²) in [5.41, 5.74) is 2.68. The molecule has 33 heavy (non-hydrogen) atoms. The van der Waals surface area contributed by atoms with Gasteiger partial charge in [0.15, 0.2) is 0 Å². The van der Waals surface area contributed by atoms with Crippen LogP contribution < -0.4 is 5.32 Å². The molecular formula is C24H21N3O3S3. The van der Waals surface area contributed by atoms with Crippen LogP contribution in [0, 0.1) is 0 Å². The van der Waals surface area contributed by atoms with E-state index in [0.29, 0.717) is 10.6 Å². The molecular weight excluding hydrogens is 474 g/mol. The maximum absolute atomic E-state index is 12.8. The van der Waals surface area contributed by atoms with Crippen molar-refractivity contribution in [3.8, 4) is 10.4 Å². The number of carbonyl (C=O) groups is 2. The molecule has 0 bridgehead atoms. The van der Waals surface area contributed by atoms with Crippen LogP contribution in [0.4, 0.5) is 5.00 Å². The van der Waals surface area contributed by atoms with Gasteiger partial charge in [-0.15, -0.1) is 22.7 Å². The highest BCUT2D eigenvalue weighted by Crippen LogP contribution is 2.39. The summed E-state index contributed by atoms with van der Waals surface area (Å²) in [6, 6.07) is 12.2. The molecule has 6 nitrogen and oxygen atoms in total. The number of rotatable bonds is 6. The van der Waals surface area contributed by atoms with E-state index < -0.39 is 0 Å². The van der Waals surface area contributed by atoms with Crippen LogP contribution in [0.15, 0.2) is 47.8 Å². The van der Waals surface area contributed by atoms with Crippen molar-refractivity contribution in [1.29, 1.82) is 0 Å². The van der Waals surface area contributed by atoms with Gasteiger partial charge < -0.3 is 10.1 Å². The third kappa shape index (κ3) is 4.53. The number of nitrogens with one attached hydrogen (secondary N) is 1. The van der Waals surface area contributed by atoms with Crippen molar-refractivity contribution >= 4 is 61.5 Å². The molecule has 0 unspecified atom stereocenters. The first-order valence-electron chi connectivity index (χ1n) is 10.6. The summed E-state index contributed by atoms with van der Waals surface area (Å²) in [7, 11) is 1.38. The molecule has 0 aliphatic heterocycles. The molecule has 1 amide bonds. The van der Waals surface area contributed by atoms with E-state index in [0.717, 1.165) is 56.9 Å². The Labute approximate surface area is 203 Å². The zero-order valence-corrected chi connectivity index (χ0v) is 20.4. The van der Waals surface area contributed by atoms with Crippen LogP contribution in [0.1, 0.15) is 33.6 Å². The summed E-state index contributed by atoms with van der Waals surface area (Å²) in [6.45, 7) is 0. The molecule has 1 aliphatic rings. The second-order valence-corrected chi connectivity index (χ2v) is 10.7. The Morgan fingerprint density at radius 3 is 2.76 bits per heavy atom. The highest BCUT2D eigenvalue weighted by Gasteiger charge is 2.27. The first-order valence-corrected chi connectivity index (χ1v) is 13.2. The lowest BCUT2D eigenvalue weighted by molar-refractivity contribution is -0.113. The van der Waals surface area contributed by atoms with Crippen LogP contribution in [-0.4, -0.2) is 34.7 Å². The summed E-state index contributed by atoms with van der Waals surface area (Å²) < 4.78 is 4.99. The number of thiophene rings is 2. The molecule has 0 atom stereocenters. The van der Waals surface area contributed by atoms with Gasteiger partial charge in [-0.05, 0) is 42.9 Å². The molecule has 1 aromatic carbocycles. The van der Waals surface area contributed by atoms with Crippen molar-refractivity contribution in [1.82, 2.24) is 9.97 Å². The Hall–Kier alpha value is -2.75. The van der Waals surface area contributed by atoms with Crippen LogP contribution in [0.3, 0.4) is 0 Å². The fourth-order valence-electron chi connectivity index (χ4n) is 3.96. The van der Waals surface area contributed by atoms with Crippen molar-refractivity contribution in [3.05, 3.63) is 58.7 Å². The number of esters is 1. The van der Waals surface area contributed by atoms with Gasteiger partial charge in [-0.2, -0.15) is 0 Å². The number of amides is 1. The van der Waals surface area contributed by atoms with Gasteiger partial charge in [-0.1, -0.05) is 42.1 Å². The molecule has 0 saturated heterocycles. The van der Waals surface area contributed by atoms with Crippen LogP contribution in [-0.2, 0) is 22.4 Å². The number of fused-ring (bicyclic) bond motifs is 2. The van der Waals surface area contributed by atoms with Crippen LogP contribution in [0.5, 0.6) is 0 Å². The summed E-state index contributed by atoms with van der Waals surface area (Å²) >= 11 is 4.48. The number of methoxy groups -OCH3 is 1. The largest absolute Gasteiger partial charge is 0.465 e. The van der Waals surface area contributed by atoms with Crippen LogP contribution in [0.25, 0.3) is 20.7 Å². The molecule has 3 aromatic heterocycles. The van der Waals surface area contributed by atoms with Crippen molar-refractivity contribution < 1.29 is 14.3 Å². The average Bonchev–Trinajstić information content (AvgIpc) is 3.44. The number of aryl methyl sites for hydroxylation is 1. The fraction of sp³-hybridized carbons (Fsp3) is 0.250. The van der Waals surface area contributed by atoms with Gasteiger partial charge in [0, 0.05) is 15.1 Å². The van der Waals surface area contributed by atoms with Crippen molar-refractivity contribution in [2.24, 2.45) is 0 Å². The van der Waals surface area contributed by atoms with Gasteiger partial charge in [0.1, 0.15) is 21.2 Å². The van der Waals surface area contributed by atoms with E-state index in [4.69, 9.17) is 4.74 Å². The molecule has 9 heteroatoms. The minimum Gasteiger partial charge on any atom is -0.465 e. The van der Waals surface area contributed by atoms with Gasteiger partial charge >= 0.3 is 5.97 Å². The SMILES string of the molecule is COC(=O)c1c(NC(=O)CSc2ncnc3sc(-c4ccccc4)cc23)sc2c1CCCC2. The van der Waals surface area contributed by atoms with Gasteiger partial charge in [0.25, 0.3) is 0 Å². The highest BCUT2D eigenvalue weighted by atomic mass is 32.2. The summed E-state index contributed by atoms with van der Waals surface area (Å²) in [5, 5.41) is 5.26. The third-order valence-electron chi connectivity index (χ3n) is 5.50. The number of aromatic nitrogens is 2. The Bertz CT molecular complexity index is 1330. The number of benzene rings is 1. The standard InChI is InChI=1S/C24H21N3O3S3/c1-30-24(29)20-15-9-5-6-10-17(15)32-23(20)27-19(28)12-31-21-16-11-18(14-7-3-2-4-8-14)33-22(16)26-13-25-21/h2-4,7-8,11,13H,5-6,9-10,12H2,1H3,(H,27,28). The number of thioether (sulfide) groups is 1. The highest BCUT2D eigenvalue weighted by molar-refractivity contribution is 8.00. The monoisotopic (exact) mass is 495 g/mol. The van der Waals surface area contributed by atoms with Gasteiger partial charge in [0.05, 0.1) is 18.4 Å². The minimum atomic E-state index is -0.387. The van der Waals surface area contributed by atoms with E-state index in [9.17, 15) is 9.59 Å². The lowest BCUT2D eigenvalue weighted by Gasteiger charge is -2.11. The van der Waals surface area contributed by atoms with Gasteiger partial charge in [-0.3, -0.25) is 4.79 Å². The molecule has 5 rings (SSSR count). The third-order valence-corrected chi connectivity index (χ3v) is 8.81. The fourth-order valence-corrected chi connectivity index (χ4v) is 7.10. The molecule has 1 aliphatic carbocycles. The van der Waals surface area contributed by atoms with E-state index >= 15 is 0 Å². The lowest BCUT2D eigenvalue weighted by Crippen LogP contribution is -2.16. The first kappa shape index (κ1) is 22.1. The molecule has 0 saturated carbocycles. The first-order chi connectivity index (χ1) is 16.1. The zero-order valence-electron chi connectivity index (χ0n) is 17.9. The van der Waals surface area contributed by atoms with Crippen molar-refractivity contribution in [2.75, 3.05) is 18.2 Å². The summed E-state index contributed by atoms with van der Waals surface area (Å²) in [6.07, 6.45) is 5.48. The molecule has 168 valence electrons. The van der Waals surface area contributed by atoms with Gasteiger partial charge in [-0.25, -0.2) is 14.8 Å². The number of hydrogen-bond acceptors (Lipinski definition) is 8. The van der Waals surface area contributed by atoms with E-state index in [1.54, 1.807) is 11.3 Å². The molecule has 4 aromatic rings. The summed E-state index contributed by atoms with van der Waals surface area (Å²) in [4.78, 5) is 37.2. The topological polar surface area (TPSA) is 81.2 Å². The Morgan fingerprint density at radius 2 is 1.94 bits per heavy atom. The van der Waals surface area contributed by atoms with Crippen LogP contribution >= 0.6 is 34.4 Å². The van der Waals surface area contributed by atoms with E-state index in [1.807, 2.05) is 18.2 Å². The predicted octanol–water partition coefficient (Wildman–Crippen LogP) is 5.82. The molecule has 1 N–H and O–H groups in total. The number of anilines is 1. The zero-order chi connectivity index (χ0) is 22.8. The summed E-state index contributed by atoms with van der Waals surface area (Å²) in [5.74, 6) is -0.373. The lowest BCUT2D eigenvalue weighted by atomic mass is 9.95. The van der Waals surface area contributed by atoms with Crippen LogP contribution in [0.2, 0.25) is 0 Å². The maximum Gasteiger partial charge on any atom is 0.341 e. The minimum absolute atomic E-state index is 0.172. The number of ether oxygens (including phenoxy) is 1. The molecule has 0 radical (unpaired) electrons. The average molecular weight is 496 g/mol. The maximum atomic E-state index is 12.8. The van der Waals surface area contributed by atoms with Crippen molar-refractivity contribution in [2.45, 2.75) is 30.7 Å². The van der Waals surface area contributed by atoms with Crippen molar-refractivity contribution in [3.63, 3.8) is 0 Å². The normalized spacial score (nSPS) is 13.0. The molecule has 0 spiro atoms. The van der Waals surface area contributed by atoms with E-state index in [2.05, 4.69) is 33.5 Å². The second kappa shape index (κ2) is 9.62.